The van der Waals surface area contributed by atoms with E-state index in [0.29, 0.717) is 29.8 Å². The molecule has 0 aliphatic heterocycles. The number of amides is 2. The number of hydrogen-bond donors (Lipinski definition) is 3. The normalized spacial score (nSPS) is 14.1. The zero-order valence-corrected chi connectivity index (χ0v) is 18.5. The quantitative estimate of drug-likeness (QED) is 0.427. The molecule has 1 aliphatic rings. The molecule has 0 unspecified atom stereocenters. The number of aliphatic hydroxyl groups is 1. The van der Waals surface area contributed by atoms with E-state index in [-0.39, 0.29) is 35.8 Å². The number of nitrogens with zero attached hydrogens (tertiary/aromatic N) is 1. The number of aromatic nitrogens is 1. The monoisotopic (exact) mass is 443 g/mol. The minimum absolute atomic E-state index is 0.00180. The highest BCUT2D eigenvalue weighted by molar-refractivity contribution is 6.43. The number of anilines is 1. The van der Waals surface area contributed by atoms with Crippen molar-refractivity contribution in [1.82, 2.24) is 9.88 Å². The van der Waals surface area contributed by atoms with Crippen LogP contribution in [0.1, 0.15) is 57.4 Å². The molecular formula is C23H26FN3O5. The maximum atomic E-state index is 13.5. The van der Waals surface area contributed by atoms with Crippen LogP contribution in [0.5, 0.6) is 0 Å². The fourth-order valence-electron chi connectivity index (χ4n) is 3.89. The molecule has 0 radical (unpaired) electrons. The second kappa shape index (κ2) is 8.66. The first-order chi connectivity index (χ1) is 15.0. The number of carbonyl (C=O) groups is 4. The summed E-state index contributed by atoms with van der Waals surface area (Å²) in [4.78, 5) is 50.4. The Morgan fingerprint density at radius 1 is 1.16 bits per heavy atom. The zero-order valence-electron chi connectivity index (χ0n) is 18.5. The third kappa shape index (κ3) is 4.20. The van der Waals surface area contributed by atoms with Crippen molar-refractivity contribution in [2.45, 2.75) is 52.6 Å². The fraction of sp³-hybridized carbons (Fsp3) is 0.391. The van der Waals surface area contributed by atoms with Crippen molar-refractivity contribution in [3.63, 3.8) is 0 Å². The number of aryl methyl sites for hydroxylation is 1. The first-order valence-corrected chi connectivity index (χ1v) is 10.3. The van der Waals surface area contributed by atoms with Crippen LogP contribution in [-0.2, 0) is 16.1 Å². The predicted octanol–water partition coefficient (Wildman–Crippen LogP) is 2.22. The van der Waals surface area contributed by atoms with Crippen LogP contribution >= 0.6 is 0 Å². The van der Waals surface area contributed by atoms with Gasteiger partial charge in [0, 0.05) is 17.9 Å². The van der Waals surface area contributed by atoms with E-state index in [4.69, 9.17) is 0 Å². The summed E-state index contributed by atoms with van der Waals surface area (Å²) in [6.45, 7) is 5.78. The lowest BCUT2D eigenvalue weighted by molar-refractivity contribution is -0.125. The molecule has 1 aliphatic carbocycles. The minimum atomic E-state index is -0.995. The molecule has 32 heavy (non-hydrogen) atoms. The largest absolute Gasteiger partial charge is 0.395 e. The Morgan fingerprint density at radius 2 is 1.81 bits per heavy atom. The Bertz CT molecular complexity index is 1130. The molecule has 170 valence electrons. The van der Waals surface area contributed by atoms with Crippen molar-refractivity contribution >= 4 is 29.1 Å². The van der Waals surface area contributed by atoms with Crippen molar-refractivity contribution in [2.24, 2.45) is 0 Å². The van der Waals surface area contributed by atoms with Crippen LogP contribution in [0, 0.1) is 26.6 Å². The number of benzene rings is 1. The van der Waals surface area contributed by atoms with E-state index in [1.165, 1.54) is 29.7 Å². The Morgan fingerprint density at radius 3 is 2.34 bits per heavy atom. The number of ketones is 2. The number of rotatable bonds is 8. The second-order valence-corrected chi connectivity index (χ2v) is 8.15. The molecule has 1 heterocycles. The molecular weight excluding hydrogens is 417 g/mol. The summed E-state index contributed by atoms with van der Waals surface area (Å²) < 4.78 is 15.0. The van der Waals surface area contributed by atoms with Crippen LogP contribution < -0.4 is 10.6 Å². The topological polar surface area (TPSA) is 118 Å². The predicted molar refractivity (Wildman–Crippen MR) is 115 cm³/mol. The van der Waals surface area contributed by atoms with E-state index in [1.54, 1.807) is 20.8 Å². The van der Waals surface area contributed by atoms with E-state index in [9.17, 15) is 28.7 Å². The Labute approximate surface area is 184 Å². The van der Waals surface area contributed by atoms with Gasteiger partial charge in [0.1, 0.15) is 5.82 Å². The molecule has 1 aromatic carbocycles. The lowest BCUT2D eigenvalue weighted by atomic mass is 10.1. The van der Waals surface area contributed by atoms with Gasteiger partial charge in [0.05, 0.1) is 23.4 Å². The SMILES string of the molecule is CC(=O)C1(NC(=O)C(=O)c2c(C)c(C(=O)Nc3ccc(F)c(C)c3)c(C)n2CCO)CC1. The van der Waals surface area contributed by atoms with Gasteiger partial charge in [-0.15, -0.1) is 0 Å². The van der Waals surface area contributed by atoms with Crippen molar-refractivity contribution in [1.29, 1.82) is 0 Å². The maximum absolute atomic E-state index is 13.5. The number of Topliss-reactive ketones (excluding diaryl/α,β-unsaturated/α-hetero) is 2. The summed E-state index contributed by atoms with van der Waals surface area (Å²) in [5.74, 6) is -2.96. The van der Waals surface area contributed by atoms with E-state index in [0.717, 1.165) is 0 Å². The van der Waals surface area contributed by atoms with E-state index < -0.39 is 29.0 Å². The van der Waals surface area contributed by atoms with Gasteiger partial charge in [-0.1, -0.05) is 0 Å². The summed E-state index contributed by atoms with van der Waals surface area (Å²) in [6.07, 6.45) is 0.948. The average Bonchev–Trinajstić information content (AvgIpc) is 3.46. The van der Waals surface area contributed by atoms with Gasteiger partial charge in [-0.25, -0.2) is 4.39 Å². The maximum Gasteiger partial charge on any atom is 0.294 e. The van der Waals surface area contributed by atoms with Gasteiger partial charge < -0.3 is 20.3 Å². The fourth-order valence-corrected chi connectivity index (χ4v) is 3.89. The number of carbonyl (C=O) groups excluding carboxylic acids is 4. The summed E-state index contributed by atoms with van der Waals surface area (Å²) in [7, 11) is 0. The van der Waals surface area contributed by atoms with Gasteiger partial charge >= 0.3 is 0 Å². The molecule has 8 nitrogen and oxygen atoms in total. The zero-order chi connectivity index (χ0) is 23.8. The van der Waals surface area contributed by atoms with Gasteiger partial charge in [-0.2, -0.15) is 0 Å². The third-order valence-electron chi connectivity index (χ3n) is 5.93. The summed E-state index contributed by atoms with van der Waals surface area (Å²) in [5, 5.41) is 14.7. The van der Waals surface area contributed by atoms with E-state index >= 15 is 0 Å². The van der Waals surface area contributed by atoms with Crippen molar-refractivity contribution in [3.8, 4) is 0 Å². The lowest BCUT2D eigenvalue weighted by Crippen LogP contribution is -2.45. The van der Waals surface area contributed by atoms with Gasteiger partial charge in [-0.05, 0) is 69.9 Å². The van der Waals surface area contributed by atoms with Crippen molar-refractivity contribution < 1.29 is 28.7 Å². The van der Waals surface area contributed by atoms with Gasteiger partial charge in [0.2, 0.25) is 0 Å². The molecule has 1 saturated carbocycles. The Kier molecular flexibility index (Phi) is 6.32. The highest BCUT2D eigenvalue weighted by Crippen LogP contribution is 2.36. The molecule has 9 heteroatoms. The van der Waals surface area contributed by atoms with Crippen LogP contribution in [0.4, 0.5) is 10.1 Å². The van der Waals surface area contributed by atoms with Crippen LogP contribution in [-0.4, -0.2) is 45.2 Å². The first-order valence-electron chi connectivity index (χ1n) is 10.3. The summed E-state index contributed by atoms with van der Waals surface area (Å²) >= 11 is 0. The minimum Gasteiger partial charge on any atom is -0.395 e. The van der Waals surface area contributed by atoms with E-state index in [2.05, 4.69) is 10.6 Å². The van der Waals surface area contributed by atoms with E-state index in [1.807, 2.05) is 0 Å². The van der Waals surface area contributed by atoms with Crippen LogP contribution in [0.3, 0.4) is 0 Å². The van der Waals surface area contributed by atoms with Crippen molar-refractivity contribution in [3.05, 3.63) is 52.1 Å². The molecule has 2 amide bonds. The average molecular weight is 443 g/mol. The Hall–Kier alpha value is -3.33. The number of nitrogens with one attached hydrogen (secondary N) is 2. The lowest BCUT2D eigenvalue weighted by Gasteiger charge is -2.14. The molecule has 0 saturated heterocycles. The smallest absolute Gasteiger partial charge is 0.294 e. The highest BCUT2D eigenvalue weighted by atomic mass is 19.1. The second-order valence-electron chi connectivity index (χ2n) is 8.15. The standard InChI is InChI=1S/C23H26FN3O5/c1-12-11-16(5-6-17(12)24)25-21(31)18-13(2)19(27(9-10-28)14(18)3)20(30)22(32)26-23(7-8-23)15(4)29/h5-6,11,28H,7-10H2,1-4H3,(H,25,31)(H,26,32). The first kappa shape index (κ1) is 23.3. The molecule has 1 aromatic heterocycles. The van der Waals surface area contributed by atoms with Gasteiger partial charge in [0.15, 0.2) is 5.78 Å². The number of halogens is 1. The number of aliphatic hydroxyl groups excluding tert-OH is 1. The highest BCUT2D eigenvalue weighted by Gasteiger charge is 2.49. The van der Waals surface area contributed by atoms with Crippen LogP contribution in [0.25, 0.3) is 0 Å². The summed E-state index contributed by atoms with van der Waals surface area (Å²) in [5.41, 5.74) is 0.589. The number of hydrogen-bond acceptors (Lipinski definition) is 5. The molecule has 0 atom stereocenters. The third-order valence-corrected chi connectivity index (χ3v) is 5.93. The van der Waals surface area contributed by atoms with Crippen LogP contribution in [0.2, 0.25) is 0 Å². The Balaban J connectivity index is 1.95. The van der Waals surface area contributed by atoms with Crippen LogP contribution in [0.15, 0.2) is 18.2 Å². The molecule has 0 spiro atoms. The van der Waals surface area contributed by atoms with Gasteiger partial charge in [-0.3, -0.25) is 19.2 Å². The molecule has 3 N–H and O–H groups in total. The van der Waals surface area contributed by atoms with Gasteiger partial charge in [0.25, 0.3) is 17.6 Å². The molecule has 0 bridgehead atoms. The molecule has 3 rings (SSSR count). The summed E-state index contributed by atoms with van der Waals surface area (Å²) in [6, 6.07) is 4.15. The van der Waals surface area contributed by atoms with Crippen molar-refractivity contribution in [2.75, 3.05) is 11.9 Å². The molecule has 2 aromatic rings. The molecule has 1 fully saturated rings.